The van der Waals surface area contributed by atoms with E-state index in [1.54, 1.807) is 11.3 Å². The third kappa shape index (κ3) is 1.98. The summed E-state index contributed by atoms with van der Waals surface area (Å²) in [5.41, 5.74) is 7.26. The maximum Gasteiger partial charge on any atom is 0.0758 e. The third-order valence-corrected chi connectivity index (χ3v) is 3.17. The van der Waals surface area contributed by atoms with Gasteiger partial charge in [0.25, 0.3) is 0 Å². The van der Waals surface area contributed by atoms with Crippen LogP contribution in [0.4, 0.5) is 0 Å². The molecule has 2 unspecified atom stereocenters. The molecule has 1 saturated heterocycles. The van der Waals surface area contributed by atoms with E-state index in [4.69, 9.17) is 10.6 Å². The molecule has 0 aromatic carbocycles. The van der Waals surface area contributed by atoms with E-state index in [1.807, 2.05) is 12.0 Å². The van der Waals surface area contributed by atoms with Crippen molar-refractivity contribution in [1.82, 2.24) is 5.06 Å². The molecule has 2 N–H and O–H groups in total. The molecule has 1 fully saturated rings. The van der Waals surface area contributed by atoms with E-state index in [2.05, 4.69) is 16.8 Å². The van der Waals surface area contributed by atoms with Crippen molar-refractivity contribution >= 4 is 11.3 Å². The van der Waals surface area contributed by atoms with Gasteiger partial charge in [0.05, 0.1) is 12.6 Å². The Labute approximate surface area is 88.4 Å². The number of hydrogen-bond acceptors (Lipinski definition) is 4. The van der Waals surface area contributed by atoms with Crippen LogP contribution in [0.25, 0.3) is 0 Å². The minimum absolute atomic E-state index is 0.0997. The smallest absolute Gasteiger partial charge is 0.0758 e. The van der Waals surface area contributed by atoms with E-state index in [-0.39, 0.29) is 12.1 Å². The Morgan fingerprint density at radius 2 is 2.50 bits per heavy atom. The maximum absolute atomic E-state index is 5.99. The number of nitrogens with zero attached hydrogens (tertiary/aromatic N) is 1. The minimum atomic E-state index is 0.0997. The first-order chi connectivity index (χ1) is 6.79. The lowest BCUT2D eigenvalue weighted by atomic mass is 10.0. The Balaban J connectivity index is 2.15. The van der Waals surface area contributed by atoms with Crippen molar-refractivity contribution < 1.29 is 4.84 Å². The van der Waals surface area contributed by atoms with Crippen LogP contribution >= 0.6 is 11.3 Å². The summed E-state index contributed by atoms with van der Waals surface area (Å²) in [7, 11) is 0. The minimum Gasteiger partial charge on any atom is -0.326 e. The van der Waals surface area contributed by atoms with Gasteiger partial charge in [0, 0.05) is 12.6 Å². The summed E-state index contributed by atoms with van der Waals surface area (Å²) in [5.74, 6) is 0. The fourth-order valence-electron chi connectivity index (χ4n) is 1.86. The fraction of sp³-hybridized carbons (Fsp3) is 0.600. The van der Waals surface area contributed by atoms with Gasteiger partial charge < -0.3 is 5.73 Å². The SMILES string of the molecule is CC(N)C(c1ccsc1)N1CCCO1. The molecule has 0 radical (unpaired) electrons. The zero-order chi connectivity index (χ0) is 9.97. The molecule has 0 saturated carbocycles. The maximum atomic E-state index is 5.99. The molecule has 2 rings (SSSR count). The molecule has 0 amide bonds. The number of hydroxylamine groups is 2. The molecule has 14 heavy (non-hydrogen) atoms. The molecule has 4 heteroatoms. The van der Waals surface area contributed by atoms with Crippen LogP contribution in [0.1, 0.15) is 24.9 Å². The first-order valence-corrected chi connectivity index (χ1v) is 5.90. The highest BCUT2D eigenvalue weighted by molar-refractivity contribution is 7.07. The zero-order valence-electron chi connectivity index (χ0n) is 8.35. The zero-order valence-corrected chi connectivity index (χ0v) is 9.17. The van der Waals surface area contributed by atoms with Gasteiger partial charge in [-0.25, -0.2) is 0 Å². The molecule has 0 spiro atoms. The summed E-state index contributed by atoms with van der Waals surface area (Å²) >= 11 is 1.71. The Bertz CT molecular complexity index is 268. The van der Waals surface area contributed by atoms with Gasteiger partial charge >= 0.3 is 0 Å². The molecule has 1 aliphatic heterocycles. The molecule has 1 aromatic rings. The predicted octanol–water partition coefficient (Wildman–Crippen LogP) is 1.77. The summed E-state index contributed by atoms with van der Waals surface area (Å²) in [6.07, 6.45) is 1.10. The fourth-order valence-corrected chi connectivity index (χ4v) is 2.55. The molecular formula is C10H16N2OS. The second-order valence-corrected chi connectivity index (χ2v) is 4.47. The van der Waals surface area contributed by atoms with Crippen LogP contribution in [0.15, 0.2) is 16.8 Å². The molecule has 2 heterocycles. The van der Waals surface area contributed by atoms with Crippen LogP contribution in [0.2, 0.25) is 0 Å². The summed E-state index contributed by atoms with van der Waals surface area (Å²) < 4.78 is 0. The van der Waals surface area contributed by atoms with Crippen molar-refractivity contribution in [2.75, 3.05) is 13.2 Å². The molecule has 1 aromatic heterocycles. The van der Waals surface area contributed by atoms with E-state index in [1.165, 1.54) is 5.56 Å². The summed E-state index contributed by atoms with van der Waals surface area (Å²) in [6, 6.07) is 2.44. The van der Waals surface area contributed by atoms with Crippen molar-refractivity contribution in [2.45, 2.75) is 25.4 Å². The molecule has 0 bridgehead atoms. The normalized spacial score (nSPS) is 22.4. The number of nitrogens with two attached hydrogens (primary N) is 1. The first kappa shape index (κ1) is 10.1. The molecule has 1 aliphatic rings. The highest BCUT2D eigenvalue weighted by atomic mass is 32.1. The Hall–Kier alpha value is -0.420. The third-order valence-electron chi connectivity index (χ3n) is 2.47. The van der Waals surface area contributed by atoms with Gasteiger partial charge in [-0.2, -0.15) is 16.4 Å². The van der Waals surface area contributed by atoms with E-state index in [9.17, 15) is 0 Å². The van der Waals surface area contributed by atoms with Crippen molar-refractivity contribution in [3.8, 4) is 0 Å². The second kappa shape index (κ2) is 4.40. The molecule has 0 aliphatic carbocycles. The van der Waals surface area contributed by atoms with Crippen LogP contribution in [-0.4, -0.2) is 24.3 Å². The standard InChI is InChI=1S/C10H16N2OS/c1-8(11)10(9-3-6-14-7-9)12-4-2-5-13-12/h3,6-8,10H,2,4-5,11H2,1H3. The van der Waals surface area contributed by atoms with Gasteiger partial charge in [-0.3, -0.25) is 4.84 Å². The summed E-state index contributed by atoms with van der Waals surface area (Å²) in [6.45, 7) is 3.85. The van der Waals surface area contributed by atoms with E-state index in [0.717, 1.165) is 19.6 Å². The average Bonchev–Trinajstić information content (AvgIpc) is 2.75. The van der Waals surface area contributed by atoms with Gasteiger partial charge in [0.2, 0.25) is 0 Å². The highest BCUT2D eigenvalue weighted by Crippen LogP contribution is 2.27. The largest absolute Gasteiger partial charge is 0.326 e. The lowest BCUT2D eigenvalue weighted by Crippen LogP contribution is -2.37. The van der Waals surface area contributed by atoms with Crippen molar-refractivity contribution in [3.05, 3.63) is 22.4 Å². The molecule has 3 nitrogen and oxygen atoms in total. The Kier molecular flexibility index (Phi) is 3.18. The van der Waals surface area contributed by atoms with Gasteiger partial charge in [-0.15, -0.1) is 0 Å². The topological polar surface area (TPSA) is 38.5 Å². The van der Waals surface area contributed by atoms with Crippen molar-refractivity contribution in [3.63, 3.8) is 0 Å². The van der Waals surface area contributed by atoms with E-state index in [0.29, 0.717) is 0 Å². The number of thiophene rings is 1. The monoisotopic (exact) mass is 212 g/mol. The predicted molar refractivity (Wildman–Crippen MR) is 58.0 cm³/mol. The van der Waals surface area contributed by atoms with E-state index < -0.39 is 0 Å². The molecule has 2 atom stereocenters. The second-order valence-electron chi connectivity index (χ2n) is 3.69. The van der Waals surface area contributed by atoms with Gasteiger partial charge in [-0.05, 0) is 35.7 Å². The van der Waals surface area contributed by atoms with Crippen LogP contribution < -0.4 is 5.73 Å². The van der Waals surface area contributed by atoms with Gasteiger partial charge in [-0.1, -0.05) is 0 Å². The quantitative estimate of drug-likeness (QED) is 0.830. The highest BCUT2D eigenvalue weighted by Gasteiger charge is 2.27. The summed E-state index contributed by atoms with van der Waals surface area (Å²) in [4.78, 5) is 5.56. The lowest BCUT2D eigenvalue weighted by molar-refractivity contribution is -0.147. The first-order valence-electron chi connectivity index (χ1n) is 4.96. The van der Waals surface area contributed by atoms with Crippen molar-refractivity contribution in [1.29, 1.82) is 0 Å². The van der Waals surface area contributed by atoms with Gasteiger partial charge in [0.1, 0.15) is 0 Å². The Morgan fingerprint density at radius 3 is 3.00 bits per heavy atom. The average molecular weight is 212 g/mol. The van der Waals surface area contributed by atoms with Crippen molar-refractivity contribution in [2.24, 2.45) is 5.73 Å². The number of rotatable bonds is 3. The van der Waals surface area contributed by atoms with Crippen LogP contribution in [0, 0.1) is 0 Å². The van der Waals surface area contributed by atoms with Crippen LogP contribution in [0.5, 0.6) is 0 Å². The Morgan fingerprint density at radius 1 is 1.64 bits per heavy atom. The number of hydrogen-bond donors (Lipinski definition) is 1. The van der Waals surface area contributed by atoms with E-state index >= 15 is 0 Å². The lowest BCUT2D eigenvalue weighted by Gasteiger charge is -2.28. The van der Waals surface area contributed by atoms with Crippen LogP contribution in [0.3, 0.4) is 0 Å². The molecular weight excluding hydrogens is 196 g/mol. The van der Waals surface area contributed by atoms with Crippen LogP contribution in [-0.2, 0) is 4.84 Å². The van der Waals surface area contributed by atoms with Gasteiger partial charge in [0.15, 0.2) is 0 Å². The molecule has 78 valence electrons. The summed E-state index contributed by atoms with van der Waals surface area (Å²) in [5, 5.41) is 6.25.